The summed E-state index contributed by atoms with van der Waals surface area (Å²) in [5.41, 5.74) is 0.927. The van der Waals surface area contributed by atoms with Crippen LogP contribution in [0.2, 0.25) is 0 Å². The minimum Gasteiger partial charge on any atom is -0.464 e. The summed E-state index contributed by atoms with van der Waals surface area (Å²) < 4.78 is 5.50. The Bertz CT molecular complexity index is 545. The molecule has 0 radical (unpaired) electrons. The van der Waals surface area contributed by atoms with E-state index in [0.29, 0.717) is 6.04 Å². The van der Waals surface area contributed by atoms with Crippen LogP contribution in [-0.4, -0.2) is 30.7 Å². The first-order valence-electron chi connectivity index (χ1n) is 7.69. The molecule has 4 heteroatoms. The van der Waals surface area contributed by atoms with Crippen LogP contribution in [-0.2, 0) is 0 Å². The Morgan fingerprint density at radius 3 is 3.20 bits per heavy atom. The van der Waals surface area contributed by atoms with Crippen molar-refractivity contribution in [3.8, 4) is 0 Å². The van der Waals surface area contributed by atoms with E-state index in [1.54, 1.807) is 6.26 Å². The Morgan fingerprint density at radius 2 is 2.40 bits per heavy atom. The largest absolute Gasteiger partial charge is 0.464 e. The summed E-state index contributed by atoms with van der Waals surface area (Å²) in [4.78, 5) is 7.03. The standard InChI is InChI=1S/C16H23N3O/c1-2-3-10-19(12-13-5-4-8-17-13)16-14-7-11-20-15(14)6-9-18-16/h6-7,9,11,13,17H,2-5,8,10,12H2,1H3. The van der Waals surface area contributed by atoms with Gasteiger partial charge in [0, 0.05) is 25.3 Å². The molecule has 2 aromatic rings. The fourth-order valence-corrected chi connectivity index (χ4v) is 2.94. The molecule has 0 saturated carbocycles. The Morgan fingerprint density at radius 1 is 1.45 bits per heavy atom. The molecule has 1 saturated heterocycles. The Kier molecular flexibility index (Phi) is 4.21. The van der Waals surface area contributed by atoms with Crippen molar-refractivity contribution in [3.63, 3.8) is 0 Å². The minimum atomic E-state index is 0.593. The number of hydrogen-bond donors (Lipinski definition) is 1. The van der Waals surface area contributed by atoms with E-state index >= 15 is 0 Å². The van der Waals surface area contributed by atoms with Gasteiger partial charge in [-0.25, -0.2) is 4.98 Å². The van der Waals surface area contributed by atoms with E-state index in [9.17, 15) is 0 Å². The molecule has 1 aliphatic rings. The minimum absolute atomic E-state index is 0.593. The van der Waals surface area contributed by atoms with Crippen LogP contribution in [0.4, 0.5) is 5.82 Å². The molecular formula is C16H23N3O. The lowest BCUT2D eigenvalue weighted by atomic mass is 10.2. The van der Waals surface area contributed by atoms with E-state index in [-0.39, 0.29) is 0 Å². The lowest BCUT2D eigenvalue weighted by molar-refractivity contribution is 0.570. The van der Waals surface area contributed by atoms with Crippen molar-refractivity contribution in [1.29, 1.82) is 0 Å². The van der Waals surface area contributed by atoms with Gasteiger partial charge in [0.05, 0.1) is 11.6 Å². The van der Waals surface area contributed by atoms with Crippen LogP contribution in [0.25, 0.3) is 11.0 Å². The summed E-state index contributed by atoms with van der Waals surface area (Å²) in [5.74, 6) is 1.07. The third-order valence-electron chi connectivity index (χ3n) is 4.04. The fraction of sp³-hybridized carbons (Fsp3) is 0.562. The van der Waals surface area contributed by atoms with Crippen molar-refractivity contribution < 1.29 is 4.42 Å². The quantitative estimate of drug-likeness (QED) is 0.877. The molecule has 0 spiro atoms. The number of nitrogens with one attached hydrogen (secondary N) is 1. The van der Waals surface area contributed by atoms with Gasteiger partial charge in [-0.1, -0.05) is 13.3 Å². The first-order chi connectivity index (χ1) is 9.88. The third-order valence-corrected chi connectivity index (χ3v) is 4.04. The molecule has 2 aromatic heterocycles. The van der Waals surface area contributed by atoms with Crippen molar-refractivity contribution in [3.05, 3.63) is 24.6 Å². The molecule has 0 bridgehead atoms. The summed E-state index contributed by atoms with van der Waals surface area (Å²) >= 11 is 0. The van der Waals surface area contributed by atoms with Crippen LogP contribution < -0.4 is 10.2 Å². The van der Waals surface area contributed by atoms with Crippen LogP contribution in [0.3, 0.4) is 0 Å². The summed E-state index contributed by atoms with van der Waals surface area (Å²) in [5, 5.41) is 4.71. The molecule has 20 heavy (non-hydrogen) atoms. The summed E-state index contributed by atoms with van der Waals surface area (Å²) in [6, 6.07) is 4.55. The highest BCUT2D eigenvalue weighted by atomic mass is 16.3. The van der Waals surface area contributed by atoms with Gasteiger partial charge in [0.25, 0.3) is 0 Å². The summed E-state index contributed by atoms with van der Waals surface area (Å²) in [6.07, 6.45) is 8.56. The zero-order valence-electron chi connectivity index (χ0n) is 12.1. The van der Waals surface area contributed by atoms with Crippen LogP contribution in [0.15, 0.2) is 29.0 Å². The lowest BCUT2D eigenvalue weighted by Crippen LogP contribution is -2.38. The maximum absolute atomic E-state index is 5.50. The molecule has 1 N–H and O–H groups in total. The monoisotopic (exact) mass is 273 g/mol. The molecule has 1 fully saturated rings. The van der Waals surface area contributed by atoms with Gasteiger partial charge in [0.2, 0.25) is 0 Å². The number of anilines is 1. The summed E-state index contributed by atoms with van der Waals surface area (Å²) in [6.45, 7) is 5.48. The van der Waals surface area contributed by atoms with E-state index in [2.05, 4.69) is 22.1 Å². The van der Waals surface area contributed by atoms with Crippen molar-refractivity contribution in [1.82, 2.24) is 10.3 Å². The van der Waals surface area contributed by atoms with E-state index in [1.165, 1.54) is 25.7 Å². The van der Waals surface area contributed by atoms with Crippen LogP contribution >= 0.6 is 0 Å². The number of hydrogen-bond acceptors (Lipinski definition) is 4. The number of furan rings is 1. The second kappa shape index (κ2) is 6.27. The SMILES string of the molecule is CCCCN(CC1CCCN1)c1nccc2occc12. The molecular weight excluding hydrogens is 250 g/mol. The highest BCUT2D eigenvalue weighted by molar-refractivity contribution is 5.88. The van der Waals surface area contributed by atoms with Gasteiger partial charge in [-0.15, -0.1) is 0 Å². The van der Waals surface area contributed by atoms with Gasteiger partial charge >= 0.3 is 0 Å². The number of pyridine rings is 1. The smallest absolute Gasteiger partial charge is 0.139 e. The second-order valence-electron chi connectivity index (χ2n) is 5.56. The van der Waals surface area contributed by atoms with Gasteiger partial charge in [-0.2, -0.15) is 0 Å². The second-order valence-corrected chi connectivity index (χ2v) is 5.56. The van der Waals surface area contributed by atoms with E-state index in [1.807, 2.05) is 18.3 Å². The molecule has 1 aliphatic heterocycles. The molecule has 3 rings (SSSR count). The normalized spacial score (nSPS) is 18.8. The first kappa shape index (κ1) is 13.4. The average Bonchev–Trinajstić information content (AvgIpc) is 3.13. The molecule has 0 aromatic carbocycles. The predicted octanol–water partition coefficient (Wildman–Crippen LogP) is 3.19. The lowest BCUT2D eigenvalue weighted by Gasteiger charge is -2.27. The van der Waals surface area contributed by atoms with Crippen molar-refractivity contribution in [2.24, 2.45) is 0 Å². The number of rotatable bonds is 6. The zero-order valence-corrected chi connectivity index (χ0v) is 12.1. The van der Waals surface area contributed by atoms with Gasteiger partial charge in [-0.05, 0) is 37.9 Å². The number of fused-ring (bicyclic) bond motifs is 1. The van der Waals surface area contributed by atoms with Gasteiger partial charge in [-0.3, -0.25) is 0 Å². The van der Waals surface area contributed by atoms with Crippen molar-refractivity contribution >= 4 is 16.8 Å². The van der Waals surface area contributed by atoms with Crippen molar-refractivity contribution in [2.45, 2.75) is 38.6 Å². The predicted molar refractivity (Wildman–Crippen MR) is 82.2 cm³/mol. The maximum atomic E-state index is 5.50. The molecule has 1 atom stereocenters. The van der Waals surface area contributed by atoms with E-state index in [0.717, 1.165) is 36.4 Å². The third kappa shape index (κ3) is 2.80. The number of nitrogens with zero attached hydrogens (tertiary/aromatic N) is 2. The Labute approximate surface area is 120 Å². The number of aromatic nitrogens is 1. The van der Waals surface area contributed by atoms with E-state index in [4.69, 9.17) is 4.42 Å². The van der Waals surface area contributed by atoms with Crippen LogP contribution in [0, 0.1) is 0 Å². The average molecular weight is 273 g/mol. The van der Waals surface area contributed by atoms with Gasteiger partial charge in [0.1, 0.15) is 11.4 Å². The highest BCUT2D eigenvalue weighted by Crippen LogP contribution is 2.26. The topological polar surface area (TPSA) is 41.3 Å². The molecule has 4 nitrogen and oxygen atoms in total. The van der Waals surface area contributed by atoms with Gasteiger partial charge < -0.3 is 14.6 Å². The summed E-state index contributed by atoms with van der Waals surface area (Å²) in [7, 11) is 0. The molecule has 0 aliphatic carbocycles. The number of unbranched alkanes of at least 4 members (excludes halogenated alkanes) is 1. The van der Waals surface area contributed by atoms with Crippen LogP contribution in [0.1, 0.15) is 32.6 Å². The molecule has 3 heterocycles. The fourth-order valence-electron chi connectivity index (χ4n) is 2.94. The molecule has 108 valence electrons. The first-order valence-corrected chi connectivity index (χ1v) is 7.69. The zero-order chi connectivity index (χ0) is 13.8. The highest BCUT2D eigenvalue weighted by Gasteiger charge is 2.20. The van der Waals surface area contributed by atoms with Crippen LogP contribution in [0.5, 0.6) is 0 Å². The van der Waals surface area contributed by atoms with Gasteiger partial charge in [0.15, 0.2) is 0 Å². The Balaban J connectivity index is 1.84. The van der Waals surface area contributed by atoms with Crippen molar-refractivity contribution in [2.75, 3.05) is 24.5 Å². The molecule has 1 unspecified atom stereocenters. The maximum Gasteiger partial charge on any atom is 0.139 e. The Hall–Kier alpha value is -1.55. The molecule has 0 amide bonds. The van der Waals surface area contributed by atoms with E-state index < -0.39 is 0 Å².